The third kappa shape index (κ3) is 3.87. The van der Waals surface area contributed by atoms with Gasteiger partial charge in [0.1, 0.15) is 6.33 Å². The molecule has 19 heavy (non-hydrogen) atoms. The molecule has 1 rings (SSSR count). The second-order valence-corrected chi connectivity index (χ2v) is 4.93. The Morgan fingerprint density at radius 3 is 2.63 bits per heavy atom. The molecule has 2 N–H and O–H groups in total. The van der Waals surface area contributed by atoms with Crippen molar-refractivity contribution in [3.8, 4) is 0 Å². The molecule has 0 radical (unpaired) electrons. The number of hydrogen-bond acceptors (Lipinski definition) is 4. The Kier molecular flexibility index (Phi) is 5.20. The van der Waals surface area contributed by atoms with Crippen molar-refractivity contribution in [3.05, 3.63) is 17.8 Å². The first-order valence-corrected chi connectivity index (χ1v) is 6.44. The second-order valence-electron chi connectivity index (χ2n) is 4.93. The normalized spacial score (nSPS) is 11.2. The lowest BCUT2D eigenvalue weighted by Gasteiger charge is -2.24. The summed E-state index contributed by atoms with van der Waals surface area (Å²) in [6.07, 6.45) is 1.83. The molecule has 0 aliphatic carbocycles. The first-order valence-electron chi connectivity index (χ1n) is 6.44. The zero-order valence-electron chi connectivity index (χ0n) is 11.9. The van der Waals surface area contributed by atoms with Gasteiger partial charge in [0.2, 0.25) is 5.91 Å². The summed E-state index contributed by atoms with van der Waals surface area (Å²) in [5, 5.41) is 5.63. The van der Waals surface area contributed by atoms with E-state index in [1.165, 1.54) is 6.33 Å². The van der Waals surface area contributed by atoms with Gasteiger partial charge in [-0.25, -0.2) is 14.4 Å². The van der Waals surface area contributed by atoms with Crippen molar-refractivity contribution in [2.24, 2.45) is 5.41 Å². The van der Waals surface area contributed by atoms with Gasteiger partial charge in [-0.05, 0) is 27.2 Å². The molecule has 0 spiro atoms. The van der Waals surface area contributed by atoms with E-state index in [-0.39, 0.29) is 11.7 Å². The average Bonchev–Trinajstić information content (AvgIpc) is 2.38. The first-order chi connectivity index (χ1) is 8.92. The second kappa shape index (κ2) is 6.45. The number of amides is 1. The van der Waals surface area contributed by atoms with E-state index in [9.17, 15) is 9.18 Å². The van der Waals surface area contributed by atoms with Crippen LogP contribution in [0.1, 0.15) is 33.4 Å². The molecule has 0 saturated carbocycles. The number of halogens is 1. The van der Waals surface area contributed by atoms with Gasteiger partial charge in [0.05, 0.1) is 11.1 Å². The van der Waals surface area contributed by atoms with E-state index < -0.39 is 11.2 Å². The molecule has 0 aliphatic heterocycles. The third-order valence-corrected chi connectivity index (χ3v) is 2.85. The van der Waals surface area contributed by atoms with Gasteiger partial charge in [0, 0.05) is 13.1 Å². The maximum Gasteiger partial charge on any atom is 0.227 e. The summed E-state index contributed by atoms with van der Waals surface area (Å²) in [6.45, 7) is 8.16. The highest BCUT2D eigenvalue weighted by atomic mass is 19.1. The first kappa shape index (κ1) is 15.3. The van der Waals surface area contributed by atoms with Crippen LogP contribution in [0.15, 0.2) is 6.33 Å². The Balaban J connectivity index is 2.74. The molecule has 5 nitrogen and oxygen atoms in total. The zero-order valence-corrected chi connectivity index (χ0v) is 11.9. The monoisotopic (exact) mass is 268 g/mol. The minimum atomic E-state index is -0.639. The lowest BCUT2D eigenvalue weighted by molar-refractivity contribution is -0.128. The van der Waals surface area contributed by atoms with Crippen molar-refractivity contribution in [1.29, 1.82) is 0 Å². The number of carbonyl (C=O) groups excluding carboxylic acids is 1. The molecule has 1 amide bonds. The van der Waals surface area contributed by atoms with E-state index in [0.29, 0.717) is 25.2 Å². The largest absolute Gasteiger partial charge is 0.366 e. The number of anilines is 1. The SMILES string of the molecule is CCNC(=O)C(C)(C)CNc1ncnc(CC)c1F. The minimum absolute atomic E-state index is 0.0762. The van der Waals surface area contributed by atoms with E-state index in [4.69, 9.17) is 0 Å². The Morgan fingerprint density at radius 1 is 1.37 bits per heavy atom. The molecule has 0 bridgehead atoms. The fourth-order valence-electron chi connectivity index (χ4n) is 1.56. The van der Waals surface area contributed by atoms with Crippen molar-refractivity contribution in [1.82, 2.24) is 15.3 Å². The van der Waals surface area contributed by atoms with Crippen LogP contribution in [0.25, 0.3) is 0 Å². The number of nitrogens with one attached hydrogen (secondary N) is 2. The van der Waals surface area contributed by atoms with Gasteiger partial charge < -0.3 is 10.6 Å². The Bertz CT molecular complexity index is 448. The molecule has 0 fully saturated rings. The maximum absolute atomic E-state index is 13.9. The predicted molar refractivity (Wildman–Crippen MR) is 72.3 cm³/mol. The summed E-state index contributed by atoms with van der Waals surface area (Å²) in [6, 6.07) is 0. The van der Waals surface area contributed by atoms with Gasteiger partial charge >= 0.3 is 0 Å². The zero-order chi connectivity index (χ0) is 14.5. The molecule has 6 heteroatoms. The van der Waals surface area contributed by atoms with Crippen LogP contribution >= 0.6 is 0 Å². The highest BCUT2D eigenvalue weighted by Gasteiger charge is 2.27. The Labute approximate surface area is 113 Å². The topological polar surface area (TPSA) is 66.9 Å². The minimum Gasteiger partial charge on any atom is -0.366 e. The third-order valence-electron chi connectivity index (χ3n) is 2.85. The molecule has 0 aliphatic rings. The van der Waals surface area contributed by atoms with E-state index >= 15 is 0 Å². The van der Waals surface area contributed by atoms with E-state index in [0.717, 1.165) is 0 Å². The molecule has 0 atom stereocenters. The van der Waals surface area contributed by atoms with Crippen LogP contribution in [-0.2, 0) is 11.2 Å². The van der Waals surface area contributed by atoms with Crippen LogP contribution in [-0.4, -0.2) is 29.0 Å². The van der Waals surface area contributed by atoms with Crippen LogP contribution in [0.4, 0.5) is 10.2 Å². The lowest BCUT2D eigenvalue weighted by atomic mass is 9.92. The van der Waals surface area contributed by atoms with Crippen molar-refractivity contribution in [2.45, 2.75) is 34.1 Å². The van der Waals surface area contributed by atoms with Crippen LogP contribution in [0, 0.1) is 11.2 Å². The molecular weight excluding hydrogens is 247 g/mol. The molecule has 0 saturated heterocycles. The highest BCUT2D eigenvalue weighted by molar-refractivity contribution is 5.82. The average molecular weight is 268 g/mol. The summed E-state index contributed by atoms with van der Waals surface area (Å²) in [7, 11) is 0. The number of aromatic nitrogens is 2. The molecule has 0 unspecified atom stereocenters. The van der Waals surface area contributed by atoms with Crippen molar-refractivity contribution in [3.63, 3.8) is 0 Å². The highest BCUT2D eigenvalue weighted by Crippen LogP contribution is 2.18. The van der Waals surface area contributed by atoms with Gasteiger partial charge in [-0.1, -0.05) is 6.92 Å². The lowest BCUT2D eigenvalue weighted by Crippen LogP contribution is -2.41. The summed E-state index contributed by atoms with van der Waals surface area (Å²) < 4.78 is 13.9. The summed E-state index contributed by atoms with van der Waals surface area (Å²) in [5.74, 6) is -0.381. The molecule has 1 heterocycles. The summed E-state index contributed by atoms with van der Waals surface area (Å²) >= 11 is 0. The van der Waals surface area contributed by atoms with Crippen LogP contribution in [0.2, 0.25) is 0 Å². The van der Waals surface area contributed by atoms with Gasteiger partial charge in [-0.15, -0.1) is 0 Å². The van der Waals surface area contributed by atoms with Gasteiger partial charge in [-0.2, -0.15) is 0 Å². The van der Waals surface area contributed by atoms with E-state index in [1.54, 1.807) is 13.8 Å². The number of nitrogens with zero attached hydrogens (tertiary/aromatic N) is 2. The Morgan fingerprint density at radius 2 is 2.05 bits per heavy atom. The van der Waals surface area contributed by atoms with Crippen molar-refractivity contribution in [2.75, 3.05) is 18.4 Å². The fourth-order valence-corrected chi connectivity index (χ4v) is 1.56. The van der Waals surface area contributed by atoms with E-state index in [1.807, 2.05) is 13.8 Å². The molecule has 106 valence electrons. The Hall–Kier alpha value is -1.72. The van der Waals surface area contributed by atoms with Gasteiger partial charge in [-0.3, -0.25) is 4.79 Å². The maximum atomic E-state index is 13.9. The van der Waals surface area contributed by atoms with Gasteiger partial charge in [0.15, 0.2) is 11.6 Å². The quantitative estimate of drug-likeness (QED) is 0.825. The van der Waals surface area contributed by atoms with Crippen LogP contribution in [0.5, 0.6) is 0 Å². The molecular formula is C13H21FN4O. The number of aryl methyl sites for hydroxylation is 1. The van der Waals surface area contributed by atoms with Crippen molar-refractivity contribution >= 4 is 11.7 Å². The summed E-state index contributed by atoms with van der Waals surface area (Å²) in [5.41, 5.74) is -0.270. The fraction of sp³-hybridized carbons (Fsp3) is 0.615. The van der Waals surface area contributed by atoms with Crippen LogP contribution in [0.3, 0.4) is 0 Å². The summed E-state index contributed by atoms with van der Waals surface area (Å²) in [4.78, 5) is 19.5. The number of hydrogen-bond donors (Lipinski definition) is 2. The number of rotatable bonds is 6. The van der Waals surface area contributed by atoms with Crippen molar-refractivity contribution < 1.29 is 9.18 Å². The molecule has 1 aromatic rings. The molecule has 0 aromatic carbocycles. The smallest absolute Gasteiger partial charge is 0.227 e. The van der Waals surface area contributed by atoms with Crippen LogP contribution < -0.4 is 10.6 Å². The standard InChI is InChI=1S/C13H21FN4O/c1-5-9-10(14)11(18-8-17-9)16-7-13(3,4)12(19)15-6-2/h8H,5-7H2,1-4H3,(H,15,19)(H,16,17,18). The number of carbonyl (C=O) groups is 1. The van der Waals surface area contributed by atoms with E-state index in [2.05, 4.69) is 20.6 Å². The predicted octanol–water partition coefficient (Wildman–Crippen LogP) is 1.75. The van der Waals surface area contributed by atoms with Gasteiger partial charge in [0.25, 0.3) is 0 Å². The molecule has 1 aromatic heterocycles.